The SMILES string of the molecule is CC(C)(C)CC(CO)NC(=O)C(C)(C)c1ccccc1. The summed E-state index contributed by atoms with van der Waals surface area (Å²) in [6.45, 7) is 10.1. The Hall–Kier alpha value is -1.35. The molecule has 3 nitrogen and oxygen atoms in total. The van der Waals surface area contributed by atoms with Gasteiger partial charge in [0.25, 0.3) is 0 Å². The third-order valence-electron chi connectivity index (χ3n) is 3.48. The first-order chi connectivity index (χ1) is 9.16. The number of hydrogen-bond donors (Lipinski definition) is 2. The Morgan fingerprint density at radius 1 is 1.15 bits per heavy atom. The number of amides is 1. The lowest BCUT2D eigenvalue weighted by atomic mass is 9.82. The van der Waals surface area contributed by atoms with E-state index in [4.69, 9.17) is 0 Å². The fourth-order valence-electron chi connectivity index (χ4n) is 2.25. The van der Waals surface area contributed by atoms with Crippen molar-refractivity contribution in [2.75, 3.05) is 6.61 Å². The molecule has 2 N–H and O–H groups in total. The zero-order valence-electron chi connectivity index (χ0n) is 13.2. The maximum atomic E-state index is 12.5. The second-order valence-electron chi connectivity index (χ2n) is 7.11. The summed E-state index contributed by atoms with van der Waals surface area (Å²) in [5, 5.41) is 12.4. The van der Waals surface area contributed by atoms with Gasteiger partial charge < -0.3 is 10.4 Å². The molecule has 0 spiro atoms. The van der Waals surface area contributed by atoms with Crippen LogP contribution in [0, 0.1) is 5.41 Å². The van der Waals surface area contributed by atoms with Gasteiger partial charge in [-0.2, -0.15) is 0 Å². The lowest BCUT2D eigenvalue weighted by molar-refractivity contribution is -0.126. The topological polar surface area (TPSA) is 49.3 Å². The molecule has 1 unspecified atom stereocenters. The molecular formula is C17H27NO2. The average molecular weight is 277 g/mol. The molecule has 112 valence electrons. The van der Waals surface area contributed by atoms with Crippen LogP contribution in [-0.2, 0) is 10.2 Å². The van der Waals surface area contributed by atoms with Crippen molar-refractivity contribution >= 4 is 5.91 Å². The monoisotopic (exact) mass is 277 g/mol. The molecule has 1 atom stereocenters. The van der Waals surface area contributed by atoms with Crippen LogP contribution in [0.1, 0.15) is 46.6 Å². The van der Waals surface area contributed by atoms with Crippen LogP contribution in [0.5, 0.6) is 0 Å². The van der Waals surface area contributed by atoms with E-state index in [1.165, 1.54) is 0 Å². The summed E-state index contributed by atoms with van der Waals surface area (Å²) in [4.78, 5) is 12.5. The Balaban J connectivity index is 2.79. The van der Waals surface area contributed by atoms with Crippen molar-refractivity contribution in [1.29, 1.82) is 0 Å². The summed E-state index contributed by atoms with van der Waals surface area (Å²) >= 11 is 0. The van der Waals surface area contributed by atoms with Crippen molar-refractivity contribution < 1.29 is 9.90 Å². The highest BCUT2D eigenvalue weighted by molar-refractivity contribution is 5.87. The number of hydrogen-bond acceptors (Lipinski definition) is 2. The summed E-state index contributed by atoms with van der Waals surface area (Å²) < 4.78 is 0. The van der Waals surface area contributed by atoms with Crippen LogP contribution in [0.3, 0.4) is 0 Å². The lowest BCUT2D eigenvalue weighted by Crippen LogP contribution is -2.47. The van der Waals surface area contributed by atoms with E-state index in [0.29, 0.717) is 0 Å². The fraction of sp³-hybridized carbons (Fsp3) is 0.588. The minimum Gasteiger partial charge on any atom is -0.394 e. The van der Waals surface area contributed by atoms with E-state index in [1.807, 2.05) is 44.2 Å². The van der Waals surface area contributed by atoms with Gasteiger partial charge in [-0.25, -0.2) is 0 Å². The first-order valence-electron chi connectivity index (χ1n) is 7.14. The van der Waals surface area contributed by atoms with E-state index in [1.54, 1.807) is 0 Å². The van der Waals surface area contributed by atoms with Gasteiger partial charge in [-0.1, -0.05) is 51.1 Å². The Bertz CT molecular complexity index is 432. The zero-order chi connectivity index (χ0) is 15.4. The standard InChI is InChI=1S/C17H27NO2/c1-16(2,3)11-14(12-19)18-15(20)17(4,5)13-9-7-6-8-10-13/h6-10,14,19H,11-12H2,1-5H3,(H,18,20). The minimum atomic E-state index is -0.605. The molecule has 0 aliphatic carbocycles. The molecule has 0 radical (unpaired) electrons. The van der Waals surface area contributed by atoms with Gasteiger partial charge in [-0.05, 0) is 31.2 Å². The van der Waals surface area contributed by atoms with Gasteiger partial charge in [0.2, 0.25) is 5.91 Å². The summed E-state index contributed by atoms with van der Waals surface area (Å²) in [5.41, 5.74) is 0.439. The van der Waals surface area contributed by atoms with Crippen LogP contribution in [0.4, 0.5) is 0 Å². The summed E-state index contributed by atoms with van der Waals surface area (Å²) in [7, 11) is 0. The number of rotatable bonds is 5. The summed E-state index contributed by atoms with van der Waals surface area (Å²) in [5.74, 6) is -0.0491. The molecular weight excluding hydrogens is 250 g/mol. The number of carbonyl (C=O) groups is 1. The van der Waals surface area contributed by atoms with E-state index in [2.05, 4.69) is 26.1 Å². The third-order valence-corrected chi connectivity index (χ3v) is 3.48. The molecule has 0 aliphatic rings. The molecule has 0 bridgehead atoms. The van der Waals surface area contributed by atoms with Crippen LogP contribution in [0.2, 0.25) is 0 Å². The molecule has 1 aromatic carbocycles. The predicted octanol–water partition coefficient (Wildman–Crippen LogP) is 2.88. The summed E-state index contributed by atoms with van der Waals surface area (Å²) in [6, 6.07) is 9.51. The number of aliphatic hydroxyl groups excluding tert-OH is 1. The quantitative estimate of drug-likeness (QED) is 0.869. The molecule has 0 saturated heterocycles. The van der Waals surface area contributed by atoms with Crippen LogP contribution in [-0.4, -0.2) is 23.7 Å². The molecule has 1 aromatic rings. The Morgan fingerprint density at radius 2 is 1.70 bits per heavy atom. The summed E-state index contributed by atoms with van der Waals surface area (Å²) in [6.07, 6.45) is 0.750. The van der Waals surface area contributed by atoms with Gasteiger partial charge in [0.1, 0.15) is 0 Å². The first-order valence-corrected chi connectivity index (χ1v) is 7.14. The number of nitrogens with one attached hydrogen (secondary N) is 1. The molecule has 3 heteroatoms. The lowest BCUT2D eigenvalue weighted by Gasteiger charge is -2.30. The Morgan fingerprint density at radius 3 is 2.15 bits per heavy atom. The van der Waals surface area contributed by atoms with Crippen molar-refractivity contribution in [1.82, 2.24) is 5.32 Å². The van der Waals surface area contributed by atoms with Crippen molar-refractivity contribution in [3.8, 4) is 0 Å². The van der Waals surface area contributed by atoms with Gasteiger partial charge in [-0.3, -0.25) is 4.79 Å². The van der Waals surface area contributed by atoms with Crippen molar-refractivity contribution in [2.24, 2.45) is 5.41 Å². The smallest absolute Gasteiger partial charge is 0.230 e. The normalized spacial score (nSPS) is 13.9. The first kappa shape index (κ1) is 16.7. The second-order valence-corrected chi connectivity index (χ2v) is 7.11. The Kier molecular flexibility index (Phi) is 5.35. The van der Waals surface area contributed by atoms with E-state index < -0.39 is 5.41 Å². The number of aliphatic hydroxyl groups is 1. The number of carbonyl (C=O) groups excluding carboxylic acids is 1. The van der Waals surface area contributed by atoms with Crippen LogP contribution in [0.25, 0.3) is 0 Å². The van der Waals surface area contributed by atoms with Gasteiger partial charge >= 0.3 is 0 Å². The minimum absolute atomic E-state index is 0.0338. The van der Waals surface area contributed by atoms with Gasteiger partial charge in [0.05, 0.1) is 18.1 Å². The number of benzene rings is 1. The predicted molar refractivity (Wildman–Crippen MR) is 82.6 cm³/mol. The highest BCUT2D eigenvalue weighted by Crippen LogP contribution is 2.25. The molecule has 20 heavy (non-hydrogen) atoms. The molecule has 1 rings (SSSR count). The highest BCUT2D eigenvalue weighted by atomic mass is 16.3. The van der Waals surface area contributed by atoms with E-state index in [0.717, 1.165) is 12.0 Å². The van der Waals surface area contributed by atoms with Gasteiger partial charge in [-0.15, -0.1) is 0 Å². The van der Waals surface area contributed by atoms with Gasteiger partial charge in [0, 0.05) is 0 Å². The second kappa shape index (κ2) is 6.40. The van der Waals surface area contributed by atoms with Crippen molar-refractivity contribution in [3.05, 3.63) is 35.9 Å². The Labute approximate surface area is 122 Å². The molecule has 0 aromatic heterocycles. The molecule has 0 aliphatic heterocycles. The van der Waals surface area contributed by atoms with Gasteiger partial charge in [0.15, 0.2) is 0 Å². The third kappa shape index (κ3) is 4.64. The highest BCUT2D eigenvalue weighted by Gasteiger charge is 2.31. The molecule has 0 fully saturated rings. The molecule has 0 heterocycles. The van der Waals surface area contributed by atoms with E-state index >= 15 is 0 Å². The van der Waals surface area contributed by atoms with E-state index in [9.17, 15) is 9.90 Å². The van der Waals surface area contributed by atoms with Crippen LogP contribution in [0.15, 0.2) is 30.3 Å². The average Bonchev–Trinajstić information content (AvgIpc) is 2.37. The molecule has 1 amide bonds. The largest absolute Gasteiger partial charge is 0.394 e. The van der Waals surface area contributed by atoms with Crippen molar-refractivity contribution in [2.45, 2.75) is 52.5 Å². The fourth-order valence-corrected chi connectivity index (χ4v) is 2.25. The van der Waals surface area contributed by atoms with Crippen molar-refractivity contribution in [3.63, 3.8) is 0 Å². The van der Waals surface area contributed by atoms with Crippen LogP contribution >= 0.6 is 0 Å². The maximum Gasteiger partial charge on any atom is 0.230 e. The van der Waals surface area contributed by atoms with Crippen LogP contribution < -0.4 is 5.32 Å². The van der Waals surface area contributed by atoms with E-state index in [-0.39, 0.29) is 24.0 Å². The zero-order valence-corrected chi connectivity index (χ0v) is 13.2. The maximum absolute atomic E-state index is 12.5. The molecule has 0 saturated carbocycles.